The van der Waals surface area contributed by atoms with Crippen molar-refractivity contribution < 1.29 is 0 Å². The van der Waals surface area contributed by atoms with Crippen LogP contribution in [-0.4, -0.2) is 0 Å². The lowest BCUT2D eigenvalue weighted by Gasteiger charge is -2.52. The van der Waals surface area contributed by atoms with Crippen LogP contribution in [-0.2, 0) is 5.41 Å². The van der Waals surface area contributed by atoms with E-state index >= 15 is 0 Å². The van der Waals surface area contributed by atoms with Gasteiger partial charge in [0.05, 0.1) is 5.69 Å². The first-order valence-electron chi connectivity index (χ1n) is 21.5. The third-order valence-corrected chi connectivity index (χ3v) is 14.6. The Morgan fingerprint density at radius 2 is 1.05 bits per heavy atom. The van der Waals surface area contributed by atoms with Gasteiger partial charge in [0.1, 0.15) is 0 Å². The molecule has 0 aromatic heterocycles. The summed E-state index contributed by atoms with van der Waals surface area (Å²) < 4.78 is 0. The fraction of sp³-hybridized carbons (Fsp3) is 0.250. The molecule has 3 bridgehead atoms. The van der Waals surface area contributed by atoms with E-state index < -0.39 is 0 Å². The summed E-state index contributed by atoms with van der Waals surface area (Å²) in [7, 11) is 0. The summed E-state index contributed by atoms with van der Waals surface area (Å²) in [5.74, 6) is 4.60. The zero-order chi connectivity index (χ0) is 38.1. The highest BCUT2D eigenvalue weighted by Crippen LogP contribution is 2.57. The second-order valence-corrected chi connectivity index (χ2v) is 18.2. The second kappa shape index (κ2) is 13.8. The van der Waals surface area contributed by atoms with Crippen LogP contribution in [0, 0.1) is 23.7 Å². The Morgan fingerprint density at radius 1 is 0.439 bits per heavy atom. The second-order valence-electron chi connectivity index (χ2n) is 18.2. The summed E-state index contributed by atoms with van der Waals surface area (Å²) in [6.45, 7) is 4.75. The highest BCUT2D eigenvalue weighted by atomic mass is 15.1. The van der Waals surface area contributed by atoms with Crippen LogP contribution in [0.15, 0.2) is 170 Å². The third kappa shape index (κ3) is 5.97. The van der Waals surface area contributed by atoms with Gasteiger partial charge in [-0.3, -0.25) is 0 Å². The Balaban J connectivity index is 0.998. The van der Waals surface area contributed by atoms with Gasteiger partial charge in [-0.15, -0.1) is 0 Å². The molecule has 0 N–H and O–H groups in total. The largest absolute Gasteiger partial charge is 0.310 e. The van der Waals surface area contributed by atoms with E-state index in [2.05, 4.69) is 189 Å². The van der Waals surface area contributed by atoms with Crippen molar-refractivity contribution >= 4 is 17.1 Å². The smallest absolute Gasteiger partial charge is 0.0540 e. The molecule has 0 spiro atoms. The van der Waals surface area contributed by atoms with Crippen molar-refractivity contribution in [1.82, 2.24) is 0 Å². The lowest BCUT2D eigenvalue weighted by molar-refractivity contribution is 0.0152. The number of hydrogen-bond acceptors (Lipinski definition) is 1. The summed E-state index contributed by atoms with van der Waals surface area (Å²) in [5.41, 5.74) is 17.8. The van der Waals surface area contributed by atoms with Crippen LogP contribution in [0.1, 0.15) is 75.0 Å². The minimum absolute atomic E-state index is 0.0983. The molecule has 280 valence electrons. The average Bonchev–Trinajstić information content (AvgIpc) is 3.49. The van der Waals surface area contributed by atoms with E-state index in [0.29, 0.717) is 0 Å². The Bertz CT molecular complexity index is 2560. The summed E-state index contributed by atoms with van der Waals surface area (Å²) in [4.78, 5) is 2.48. The van der Waals surface area contributed by atoms with Crippen LogP contribution in [0.4, 0.5) is 17.1 Å². The normalized spacial score (nSPS) is 22.5. The number of benzene rings is 7. The van der Waals surface area contributed by atoms with Gasteiger partial charge >= 0.3 is 0 Å². The molecule has 0 heterocycles. The lowest BCUT2D eigenvalue weighted by atomic mass is 9.53. The van der Waals surface area contributed by atoms with E-state index in [9.17, 15) is 0 Å². The van der Waals surface area contributed by atoms with Gasteiger partial charge in [0, 0.05) is 22.4 Å². The van der Waals surface area contributed by atoms with E-state index in [-0.39, 0.29) is 5.41 Å². The Morgan fingerprint density at radius 3 is 1.82 bits per heavy atom. The Labute approximate surface area is 339 Å². The van der Waals surface area contributed by atoms with Crippen molar-refractivity contribution in [3.05, 3.63) is 187 Å². The van der Waals surface area contributed by atoms with E-state index in [1.807, 2.05) is 0 Å². The van der Waals surface area contributed by atoms with Gasteiger partial charge in [-0.1, -0.05) is 154 Å². The molecule has 0 saturated heterocycles. The number of fused-ring (bicyclic) bond motifs is 5. The fourth-order valence-corrected chi connectivity index (χ4v) is 11.9. The monoisotopic (exact) mass is 737 g/mol. The first-order chi connectivity index (χ1) is 28.0. The van der Waals surface area contributed by atoms with Gasteiger partial charge < -0.3 is 4.90 Å². The van der Waals surface area contributed by atoms with Crippen molar-refractivity contribution in [2.75, 3.05) is 4.90 Å². The minimum atomic E-state index is -0.0983. The zero-order valence-corrected chi connectivity index (χ0v) is 33.2. The Kier molecular flexibility index (Phi) is 8.35. The molecule has 3 saturated carbocycles. The lowest BCUT2D eigenvalue weighted by Crippen LogP contribution is -2.41. The van der Waals surface area contributed by atoms with Crippen LogP contribution in [0.3, 0.4) is 0 Å². The van der Waals surface area contributed by atoms with E-state index in [1.165, 1.54) is 99.8 Å². The van der Waals surface area contributed by atoms with Gasteiger partial charge in [-0.25, -0.2) is 0 Å². The number of rotatable bonds is 7. The van der Waals surface area contributed by atoms with Crippen LogP contribution in [0.25, 0.3) is 44.5 Å². The molecule has 4 aliphatic rings. The summed E-state index contributed by atoms with van der Waals surface area (Å²) >= 11 is 0. The van der Waals surface area contributed by atoms with E-state index in [0.717, 1.165) is 41.0 Å². The highest BCUT2D eigenvalue weighted by Gasteiger charge is 2.46. The fourth-order valence-electron chi connectivity index (χ4n) is 11.9. The SMILES string of the molecule is CC1(C)c2ccccc2-c2ccc(N(c3ccc(-c4ccc(C5CC6CC7CCC5C(C7)C6)cc4)cc3)c3ccc(-c4ccccc4)cc3-c3ccccc3)cc21. The molecular weight excluding hydrogens is 687 g/mol. The first-order valence-corrected chi connectivity index (χ1v) is 21.5. The summed E-state index contributed by atoms with van der Waals surface area (Å²) in [5, 5.41) is 0. The molecule has 0 amide bonds. The van der Waals surface area contributed by atoms with Crippen LogP contribution < -0.4 is 4.90 Å². The molecule has 1 nitrogen and oxygen atoms in total. The molecule has 5 atom stereocenters. The van der Waals surface area contributed by atoms with Crippen molar-refractivity contribution in [2.24, 2.45) is 23.7 Å². The summed E-state index contributed by atoms with van der Waals surface area (Å²) in [6, 6.07) is 63.8. The van der Waals surface area contributed by atoms with Gasteiger partial charge in [0.2, 0.25) is 0 Å². The van der Waals surface area contributed by atoms with Gasteiger partial charge in [-0.05, 0) is 154 Å². The van der Waals surface area contributed by atoms with Gasteiger partial charge in [0.25, 0.3) is 0 Å². The van der Waals surface area contributed by atoms with Crippen molar-refractivity contribution in [3.63, 3.8) is 0 Å². The van der Waals surface area contributed by atoms with Crippen molar-refractivity contribution in [2.45, 2.75) is 63.7 Å². The molecule has 4 aliphatic carbocycles. The molecule has 5 unspecified atom stereocenters. The van der Waals surface area contributed by atoms with Crippen molar-refractivity contribution in [3.8, 4) is 44.5 Å². The molecule has 7 aromatic rings. The maximum atomic E-state index is 2.48. The zero-order valence-electron chi connectivity index (χ0n) is 33.2. The highest BCUT2D eigenvalue weighted by molar-refractivity contribution is 5.92. The topological polar surface area (TPSA) is 3.24 Å². The van der Waals surface area contributed by atoms with Crippen LogP contribution in [0.5, 0.6) is 0 Å². The molecule has 1 heteroatoms. The predicted octanol–water partition coefficient (Wildman–Crippen LogP) is 15.4. The molecule has 7 aromatic carbocycles. The van der Waals surface area contributed by atoms with Gasteiger partial charge in [0.15, 0.2) is 0 Å². The third-order valence-electron chi connectivity index (χ3n) is 14.6. The average molecular weight is 738 g/mol. The molecule has 11 rings (SSSR count). The minimum Gasteiger partial charge on any atom is -0.310 e. The number of anilines is 3. The van der Waals surface area contributed by atoms with E-state index in [1.54, 1.807) is 5.56 Å². The van der Waals surface area contributed by atoms with Crippen molar-refractivity contribution in [1.29, 1.82) is 0 Å². The molecule has 57 heavy (non-hydrogen) atoms. The van der Waals surface area contributed by atoms with E-state index in [4.69, 9.17) is 0 Å². The number of nitrogens with zero attached hydrogens (tertiary/aromatic N) is 1. The first kappa shape index (κ1) is 34.6. The predicted molar refractivity (Wildman–Crippen MR) is 239 cm³/mol. The maximum Gasteiger partial charge on any atom is 0.0540 e. The van der Waals surface area contributed by atoms with Crippen LogP contribution in [0.2, 0.25) is 0 Å². The quantitative estimate of drug-likeness (QED) is 0.157. The molecule has 3 fully saturated rings. The molecule has 0 aliphatic heterocycles. The van der Waals surface area contributed by atoms with Crippen LogP contribution >= 0.6 is 0 Å². The van der Waals surface area contributed by atoms with Gasteiger partial charge in [-0.2, -0.15) is 0 Å². The molecule has 0 radical (unpaired) electrons. The molecular formula is C56H51N. The summed E-state index contributed by atoms with van der Waals surface area (Å²) in [6.07, 6.45) is 8.81. The number of hydrogen-bond donors (Lipinski definition) is 0. The standard InChI is InChI=1S/C56H51N/c1-56(2)53-16-10-9-15-49(53)50-29-27-47(36-54(50)56)57(55-30-24-44(39-11-5-3-6-12-39)35-52(55)42-13-7-4-8-14-42)46-25-22-41(23-26-46)40-18-20-43(21-19-40)51-34-38-31-37-17-28-48(51)45(32-37)33-38/h3-16,18-27,29-30,35-38,45,48,51H,17,28,31-34H2,1-2H3. The maximum absolute atomic E-state index is 2.48. The Hall–Kier alpha value is -5.66.